The quantitative estimate of drug-likeness (QED) is 0.140. The number of H-pyrrole nitrogens is 1. The van der Waals surface area contributed by atoms with Crippen LogP contribution in [0.4, 0.5) is 23.1 Å². The van der Waals surface area contributed by atoms with Gasteiger partial charge in [-0.2, -0.15) is 17.6 Å². The molecule has 2 aromatic rings. The number of nitrogens with one attached hydrogen (secondary N) is 5. The number of carbonyl (C=O) groups is 4. The molecule has 3 atom stereocenters. The number of aliphatic carboxylic acids is 3. The number of hydrogen-bond donors (Lipinski definition) is 11. The number of nitrogen functional groups attached to an aromatic ring is 1. The van der Waals surface area contributed by atoms with Gasteiger partial charge in [-0.25, -0.2) is 4.79 Å². The summed E-state index contributed by atoms with van der Waals surface area (Å²) in [6, 6.07) is 4.19. The van der Waals surface area contributed by atoms with Crippen LogP contribution in [0.1, 0.15) is 29.6 Å². The van der Waals surface area contributed by atoms with Crippen molar-refractivity contribution >= 4 is 59.6 Å². The van der Waals surface area contributed by atoms with Gasteiger partial charge in [-0.1, -0.05) is 0 Å². The van der Waals surface area contributed by atoms with E-state index in [1.54, 1.807) is 12.1 Å². The molecule has 1 unspecified atom stereocenters. The van der Waals surface area contributed by atoms with Crippen molar-refractivity contribution in [1.82, 2.24) is 15.3 Å². The molecule has 16 nitrogen and oxygen atoms in total. The number of benzene rings is 1. The number of carbonyl (C=O) groups excluding carboxylic acids is 1. The number of hydrogen-bond acceptors (Lipinski definition) is 12. The van der Waals surface area contributed by atoms with E-state index < -0.39 is 35.9 Å². The molecule has 17 heteroatoms. The second kappa shape index (κ2) is 15.2. The molecule has 40 heavy (non-hydrogen) atoms. The molecule has 1 aliphatic heterocycles. The van der Waals surface area contributed by atoms with Crippen LogP contribution < -0.4 is 38.3 Å². The molecule has 2 heterocycles. The van der Waals surface area contributed by atoms with Gasteiger partial charge < -0.3 is 48.1 Å². The Morgan fingerprint density at radius 3 is 2.33 bits per heavy atom. The number of aromatic nitrogens is 2. The molecule has 0 bridgehead atoms. The third-order valence-corrected chi connectivity index (χ3v) is 5.77. The molecule has 0 spiro atoms. The average molecular weight is 581 g/mol. The van der Waals surface area contributed by atoms with E-state index in [0.29, 0.717) is 42.5 Å². The van der Waals surface area contributed by atoms with Crippen LogP contribution >= 0.6 is 12.6 Å². The minimum Gasteiger partial charge on any atom is -0.481 e. The van der Waals surface area contributed by atoms with E-state index in [9.17, 15) is 24.0 Å². The Morgan fingerprint density at radius 2 is 1.77 bits per heavy atom. The third kappa shape index (κ3) is 9.99. The molecule has 0 saturated carbocycles. The van der Waals surface area contributed by atoms with Crippen molar-refractivity contribution in [3.05, 3.63) is 40.2 Å². The molecule has 1 aromatic heterocycles. The van der Waals surface area contributed by atoms with E-state index in [1.165, 1.54) is 12.1 Å². The van der Waals surface area contributed by atoms with Crippen molar-refractivity contribution in [3.8, 4) is 0 Å². The number of carboxylic acid groups (broad SMARTS) is 3. The fourth-order valence-corrected chi connectivity index (χ4v) is 3.64. The zero-order valence-corrected chi connectivity index (χ0v) is 22.1. The number of nitrogens with two attached hydrogens (primary N) is 2. The number of thiol groups is 1. The van der Waals surface area contributed by atoms with Crippen LogP contribution in [0, 0.1) is 0 Å². The zero-order valence-electron chi connectivity index (χ0n) is 21.2. The SMILES string of the molecule is N[C@@H](CCS)C(=O)O.Nc1nc2c(c(=O)[nH]1)NC(CNc1ccc(C(=O)N[C@@H](CCC(=O)O)C(=O)O)cc1)CN2. The Hall–Kier alpha value is -4.51. The molecule has 0 fully saturated rings. The van der Waals surface area contributed by atoms with E-state index >= 15 is 0 Å². The number of carboxylic acids is 3. The highest BCUT2D eigenvalue weighted by Crippen LogP contribution is 2.20. The summed E-state index contributed by atoms with van der Waals surface area (Å²) in [5.41, 5.74) is 11.5. The number of fused-ring (bicyclic) bond motifs is 1. The van der Waals surface area contributed by atoms with E-state index in [2.05, 4.69) is 43.9 Å². The predicted octanol–water partition coefficient (Wildman–Crippen LogP) is -0.564. The minimum absolute atomic E-state index is 0.0281. The van der Waals surface area contributed by atoms with Gasteiger partial charge in [0.25, 0.3) is 11.5 Å². The van der Waals surface area contributed by atoms with Gasteiger partial charge in [0, 0.05) is 30.8 Å². The van der Waals surface area contributed by atoms with Gasteiger partial charge in [-0.15, -0.1) is 0 Å². The van der Waals surface area contributed by atoms with E-state index in [-0.39, 0.29) is 36.0 Å². The smallest absolute Gasteiger partial charge is 0.326 e. The highest BCUT2D eigenvalue weighted by atomic mass is 32.1. The number of nitrogens with zero attached hydrogens (tertiary/aromatic N) is 1. The van der Waals surface area contributed by atoms with E-state index in [0.717, 1.165) is 0 Å². The van der Waals surface area contributed by atoms with Crippen LogP contribution in [0.15, 0.2) is 29.1 Å². The van der Waals surface area contributed by atoms with E-state index in [1.807, 2.05) is 0 Å². The van der Waals surface area contributed by atoms with Gasteiger partial charge in [-0.3, -0.25) is 24.2 Å². The van der Waals surface area contributed by atoms with Gasteiger partial charge >= 0.3 is 17.9 Å². The molecule has 1 amide bonds. The topological polar surface area (TPSA) is 275 Å². The zero-order chi connectivity index (χ0) is 29.8. The predicted molar refractivity (Wildman–Crippen MR) is 150 cm³/mol. The summed E-state index contributed by atoms with van der Waals surface area (Å²) in [7, 11) is 0. The molecule has 3 rings (SSSR count). The summed E-state index contributed by atoms with van der Waals surface area (Å²) in [4.78, 5) is 62.5. The molecular formula is C23H32N8O8S. The van der Waals surface area contributed by atoms with Crippen LogP contribution in [-0.4, -0.2) is 86.1 Å². The molecule has 218 valence electrons. The van der Waals surface area contributed by atoms with Gasteiger partial charge in [0.2, 0.25) is 5.95 Å². The summed E-state index contributed by atoms with van der Waals surface area (Å²) < 4.78 is 0. The minimum atomic E-state index is -1.30. The van der Waals surface area contributed by atoms with Crippen LogP contribution in [0.5, 0.6) is 0 Å². The lowest BCUT2D eigenvalue weighted by Crippen LogP contribution is -2.41. The summed E-state index contributed by atoms with van der Waals surface area (Å²) in [5.74, 6) is -3.08. The second-order valence-corrected chi connectivity index (χ2v) is 9.06. The van der Waals surface area contributed by atoms with Crippen molar-refractivity contribution in [3.63, 3.8) is 0 Å². The van der Waals surface area contributed by atoms with Crippen LogP contribution in [-0.2, 0) is 14.4 Å². The fourth-order valence-electron chi connectivity index (χ4n) is 3.36. The maximum atomic E-state index is 12.3. The standard InChI is InChI=1S/C19H23N7O6.C4H9NO2S/c20-19-25-15-14(17(30)26-19)23-11(8-22-15)7-21-10-3-1-9(2-4-10)16(29)24-12(18(31)32)5-6-13(27)28;5-3(1-2-8)4(6)7/h1-4,11-12,21,23H,5-8H2,(H,24,29)(H,27,28)(H,31,32)(H4,20,22,25,26,30);3,8H,1-2,5H2,(H,6,7)/t11?,12-;3-/m00/s1. The lowest BCUT2D eigenvalue weighted by atomic mass is 10.1. The Balaban J connectivity index is 0.000000611. The number of anilines is 4. The molecule has 0 aliphatic carbocycles. The normalized spacial score (nSPS) is 15.0. The Kier molecular flexibility index (Phi) is 12.0. The summed E-state index contributed by atoms with van der Waals surface area (Å²) in [5, 5.41) is 37.7. The van der Waals surface area contributed by atoms with Crippen molar-refractivity contribution in [2.45, 2.75) is 37.4 Å². The van der Waals surface area contributed by atoms with Crippen molar-refractivity contribution in [2.24, 2.45) is 5.73 Å². The van der Waals surface area contributed by atoms with Crippen LogP contribution in [0.25, 0.3) is 0 Å². The lowest BCUT2D eigenvalue weighted by Gasteiger charge is -2.27. The van der Waals surface area contributed by atoms with E-state index in [4.69, 9.17) is 26.8 Å². The molecule has 0 radical (unpaired) electrons. The van der Waals surface area contributed by atoms with Crippen molar-refractivity contribution in [1.29, 1.82) is 0 Å². The van der Waals surface area contributed by atoms with Crippen molar-refractivity contribution in [2.75, 3.05) is 40.5 Å². The number of aromatic amines is 1. The first-order valence-corrected chi connectivity index (χ1v) is 12.6. The lowest BCUT2D eigenvalue weighted by molar-refractivity contribution is -0.141. The first-order valence-electron chi connectivity index (χ1n) is 12.0. The number of amides is 1. The number of rotatable bonds is 12. The fraction of sp³-hybridized carbons (Fsp3) is 0.391. The van der Waals surface area contributed by atoms with Gasteiger partial charge in [0.15, 0.2) is 5.82 Å². The Bertz CT molecular complexity index is 1260. The molecule has 1 aromatic carbocycles. The van der Waals surface area contributed by atoms with Crippen LogP contribution in [0.3, 0.4) is 0 Å². The monoisotopic (exact) mass is 580 g/mol. The van der Waals surface area contributed by atoms with Crippen LogP contribution in [0.2, 0.25) is 0 Å². The summed E-state index contributed by atoms with van der Waals surface area (Å²) in [6.07, 6.45) is -0.158. The van der Waals surface area contributed by atoms with Gasteiger partial charge in [-0.05, 0) is 42.9 Å². The third-order valence-electron chi connectivity index (χ3n) is 5.51. The second-order valence-electron chi connectivity index (χ2n) is 8.61. The first kappa shape index (κ1) is 31.7. The highest BCUT2D eigenvalue weighted by Gasteiger charge is 2.23. The largest absolute Gasteiger partial charge is 0.481 e. The molecule has 12 N–H and O–H groups in total. The maximum absolute atomic E-state index is 12.3. The Labute approximate surface area is 233 Å². The Morgan fingerprint density at radius 1 is 1.10 bits per heavy atom. The maximum Gasteiger partial charge on any atom is 0.326 e. The average Bonchev–Trinajstić information content (AvgIpc) is 2.90. The molecular weight excluding hydrogens is 548 g/mol. The van der Waals surface area contributed by atoms with Crippen molar-refractivity contribution < 1.29 is 34.5 Å². The highest BCUT2D eigenvalue weighted by molar-refractivity contribution is 7.80. The summed E-state index contributed by atoms with van der Waals surface area (Å²) >= 11 is 3.81. The van der Waals surface area contributed by atoms with Gasteiger partial charge in [0.1, 0.15) is 17.8 Å². The van der Waals surface area contributed by atoms with Gasteiger partial charge in [0.05, 0.1) is 6.04 Å². The molecule has 0 saturated heterocycles. The molecule has 1 aliphatic rings. The summed E-state index contributed by atoms with van der Waals surface area (Å²) in [6.45, 7) is 0.960. The first-order chi connectivity index (χ1) is 18.9.